The van der Waals surface area contributed by atoms with E-state index in [1.165, 1.54) is 24.9 Å². The zero-order valence-electron chi connectivity index (χ0n) is 17.8. The number of benzene rings is 1. The predicted molar refractivity (Wildman–Crippen MR) is 127 cm³/mol. The van der Waals surface area contributed by atoms with E-state index in [9.17, 15) is 0 Å². The van der Waals surface area contributed by atoms with Gasteiger partial charge >= 0.3 is 0 Å². The third-order valence-electron chi connectivity index (χ3n) is 4.93. The van der Waals surface area contributed by atoms with Gasteiger partial charge in [0.1, 0.15) is 12.4 Å². The van der Waals surface area contributed by atoms with E-state index < -0.39 is 0 Å². The van der Waals surface area contributed by atoms with Crippen LogP contribution in [-0.4, -0.2) is 63.4 Å². The molecule has 1 heterocycles. The summed E-state index contributed by atoms with van der Waals surface area (Å²) in [6.07, 6.45) is 2.55. The Morgan fingerprint density at radius 2 is 2.07 bits per heavy atom. The lowest BCUT2D eigenvalue weighted by molar-refractivity contribution is 0.145. The minimum atomic E-state index is 0. The zero-order valence-corrected chi connectivity index (χ0v) is 20.1. The smallest absolute Gasteiger partial charge is 0.191 e. The van der Waals surface area contributed by atoms with Gasteiger partial charge in [0.25, 0.3) is 0 Å². The zero-order chi connectivity index (χ0) is 19.5. The van der Waals surface area contributed by atoms with Crippen LogP contribution in [0.1, 0.15) is 37.8 Å². The maximum absolute atomic E-state index is 5.88. The quantitative estimate of drug-likeness (QED) is 0.222. The fraction of sp³-hybridized carbons (Fsp3) is 0.667. The molecule has 6 nitrogen and oxygen atoms in total. The highest BCUT2D eigenvalue weighted by Gasteiger charge is 2.22. The number of nitrogens with one attached hydrogen (secondary N) is 2. The molecule has 0 saturated carbocycles. The number of aliphatic imine (C=N–C) groups is 1. The van der Waals surface area contributed by atoms with Gasteiger partial charge in [0.2, 0.25) is 0 Å². The monoisotopic (exact) mass is 504 g/mol. The van der Waals surface area contributed by atoms with Crippen LogP contribution in [0.3, 0.4) is 0 Å². The SMILES string of the molecule is CCNC(=NCc1ccc(C)cc1OCCOC)NCC1CCCN1CC.I. The Bertz CT molecular complexity index is 598. The fourth-order valence-electron chi connectivity index (χ4n) is 3.42. The number of hydrogen-bond donors (Lipinski definition) is 2. The standard InChI is InChI=1S/C21H36N4O2.HI/c1-5-22-21(24-16-19-8-7-11-25(19)6-2)23-15-18-10-9-17(3)14-20(18)27-13-12-26-4;/h9-10,14,19H,5-8,11-13,15-16H2,1-4H3,(H2,22,23,24);1H. The van der Waals surface area contributed by atoms with Gasteiger partial charge in [-0.05, 0) is 51.4 Å². The lowest BCUT2D eigenvalue weighted by atomic mass is 10.1. The first-order valence-corrected chi connectivity index (χ1v) is 10.1. The van der Waals surface area contributed by atoms with Crippen LogP contribution < -0.4 is 15.4 Å². The van der Waals surface area contributed by atoms with Crippen LogP contribution >= 0.6 is 24.0 Å². The molecule has 1 fully saturated rings. The molecule has 1 aliphatic heterocycles. The van der Waals surface area contributed by atoms with Gasteiger partial charge in [-0.1, -0.05) is 19.1 Å². The molecule has 1 saturated heterocycles. The van der Waals surface area contributed by atoms with Crippen molar-refractivity contribution < 1.29 is 9.47 Å². The Morgan fingerprint density at radius 1 is 1.25 bits per heavy atom. The first-order valence-electron chi connectivity index (χ1n) is 10.1. The Kier molecular flexibility index (Phi) is 12.5. The molecule has 1 atom stereocenters. The number of ether oxygens (including phenoxy) is 2. The molecule has 160 valence electrons. The number of aryl methyl sites for hydroxylation is 1. The molecule has 2 N–H and O–H groups in total. The predicted octanol–water partition coefficient (Wildman–Crippen LogP) is 3.18. The number of rotatable bonds is 10. The summed E-state index contributed by atoms with van der Waals surface area (Å²) < 4.78 is 11.0. The van der Waals surface area contributed by atoms with Crippen molar-refractivity contribution in [2.75, 3.05) is 46.5 Å². The molecule has 1 aromatic rings. The highest BCUT2D eigenvalue weighted by Crippen LogP contribution is 2.21. The summed E-state index contributed by atoms with van der Waals surface area (Å²) in [4.78, 5) is 7.32. The minimum absolute atomic E-state index is 0. The molecule has 1 aromatic carbocycles. The molecule has 0 aromatic heterocycles. The maximum atomic E-state index is 5.88. The second-order valence-electron chi connectivity index (χ2n) is 6.95. The molecular weight excluding hydrogens is 467 g/mol. The first-order chi connectivity index (χ1) is 13.2. The molecule has 1 unspecified atom stereocenters. The van der Waals surface area contributed by atoms with Gasteiger partial charge in [-0.25, -0.2) is 4.99 Å². The van der Waals surface area contributed by atoms with Crippen molar-refractivity contribution in [3.05, 3.63) is 29.3 Å². The van der Waals surface area contributed by atoms with Crippen molar-refractivity contribution >= 4 is 29.9 Å². The first kappa shape index (κ1) is 25.0. The Labute approximate surface area is 187 Å². The summed E-state index contributed by atoms with van der Waals surface area (Å²) in [5.41, 5.74) is 2.27. The van der Waals surface area contributed by atoms with Gasteiger partial charge in [-0.2, -0.15) is 0 Å². The van der Waals surface area contributed by atoms with E-state index in [2.05, 4.69) is 54.5 Å². The average Bonchev–Trinajstić information content (AvgIpc) is 3.13. The molecule has 28 heavy (non-hydrogen) atoms. The lowest BCUT2D eigenvalue weighted by Crippen LogP contribution is -2.44. The van der Waals surface area contributed by atoms with E-state index in [0.29, 0.717) is 25.8 Å². The van der Waals surface area contributed by atoms with Crippen molar-refractivity contribution in [2.45, 2.75) is 46.2 Å². The fourth-order valence-corrected chi connectivity index (χ4v) is 3.42. The third kappa shape index (κ3) is 8.13. The van der Waals surface area contributed by atoms with Crippen molar-refractivity contribution in [1.82, 2.24) is 15.5 Å². The van der Waals surface area contributed by atoms with Gasteiger partial charge in [0, 0.05) is 31.8 Å². The van der Waals surface area contributed by atoms with E-state index in [1.54, 1.807) is 7.11 Å². The molecule has 0 spiro atoms. The summed E-state index contributed by atoms with van der Waals surface area (Å²) in [7, 11) is 1.68. The van der Waals surface area contributed by atoms with E-state index >= 15 is 0 Å². The van der Waals surface area contributed by atoms with Gasteiger partial charge in [0.15, 0.2) is 5.96 Å². The largest absolute Gasteiger partial charge is 0.491 e. The number of nitrogens with zero attached hydrogens (tertiary/aromatic N) is 2. The van der Waals surface area contributed by atoms with Crippen molar-refractivity contribution in [3.8, 4) is 5.75 Å². The molecule has 7 heteroatoms. The number of guanidine groups is 1. The van der Waals surface area contributed by atoms with Crippen molar-refractivity contribution in [2.24, 2.45) is 4.99 Å². The van der Waals surface area contributed by atoms with Gasteiger partial charge < -0.3 is 20.1 Å². The second kappa shape index (κ2) is 14.0. The van der Waals surface area contributed by atoms with Gasteiger partial charge in [-0.3, -0.25) is 4.90 Å². The number of likely N-dealkylation sites (N-methyl/N-ethyl adjacent to an activating group) is 1. The third-order valence-corrected chi connectivity index (χ3v) is 4.93. The molecule has 2 rings (SSSR count). The van der Waals surface area contributed by atoms with Crippen molar-refractivity contribution in [1.29, 1.82) is 0 Å². The summed E-state index contributed by atoms with van der Waals surface area (Å²) in [5, 5.41) is 6.87. The topological polar surface area (TPSA) is 58.1 Å². The number of halogens is 1. The van der Waals surface area contributed by atoms with E-state index in [1.807, 2.05) is 0 Å². The highest BCUT2D eigenvalue weighted by atomic mass is 127. The van der Waals surface area contributed by atoms with E-state index in [-0.39, 0.29) is 24.0 Å². The number of hydrogen-bond acceptors (Lipinski definition) is 4. The van der Waals surface area contributed by atoms with Crippen LogP contribution in [0.4, 0.5) is 0 Å². The molecule has 0 radical (unpaired) electrons. The van der Waals surface area contributed by atoms with Crippen LogP contribution in [0.25, 0.3) is 0 Å². The molecule has 1 aliphatic rings. The van der Waals surface area contributed by atoms with Crippen LogP contribution in [0.5, 0.6) is 5.75 Å². The van der Waals surface area contributed by atoms with E-state index in [0.717, 1.165) is 36.9 Å². The minimum Gasteiger partial charge on any atom is -0.491 e. The maximum Gasteiger partial charge on any atom is 0.191 e. The molecule has 0 aliphatic carbocycles. The van der Waals surface area contributed by atoms with Crippen LogP contribution in [0.15, 0.2) is 23.2 Å². The lowest BCUT2D eigenvalue weighted by Gasteiger charge is -2.24. The van der Waals surface area contributed by atoms with Gasteiger partial charge in [0.05, 0.1) is 13.2 Å². The average molecular weight is 504 g/mol. The Morgan fingerprint density at radius 3 is 2.79 bits per heavy atom. The molecular formula is C21H37IN4O2. The number of methoxy groups -OCH3 is 1. The highest BCUT2D eigenvalue weighted by molar-refractivity contribution is 14.0. The second-order valence-corrected chi connectivity index (χ2v) is 6.95. The van der Waals surface area contributed by atoms with Gasteiger partial charge in [-0.15, -0.1) is 24.0 Å². The molecule has 0 amide bonds. The van der Waals surface area contributed by atoms with Crippen molar-refractivity contribution in [3.63, 3.8) is 0 Å². The number of likely N-dealkylation sites (tertiary alicyclic amines) is 1. The van der Waals surface area contributed by atoms with Crippen LogP contribution in [0.2, 0.25) is 0 Å². The summed E-state index contributed by atoms with van der Waals surface area (Å²) in [6.45, 7) is 12.2. The molecule has 0 bridgehead atoms. The van der Waals surface area contributed by atoms with Crippen LogP contribution in [-0.2, 0) is 11.3 Å². The summed E-state index contributed by atoms with van der Waals surface area (Å²) in [6, 6.07) is 6.87. The normalized spacial score (nSPS) is 17.3. The van der Waals surface area contributed by atoms with E-state index in [4.69, 9.17) is 14.5 Å². The summed E-state index contributed by atoms with van der Waals surface area (Å²) in [5.74, 6) is 1.75. The summed E-state index contributed by atoms with van der Waals surface area (Å²) >= 11 is 0. The Balaban J connectivity index is 0.00000392. The van der Waals surface area contributed by atoms with Crippen LogP contribution in [0, 0.1) is 6.92 Å². The Hall–Kier alpha value is -1.06.